The highest BCUT2D eigenvalue weighted by atomic mass is 32.2. The van der Waals surface area contributed by atoms with Crippen molar-refractivity contribution in [1.29, 1.82) is 0 Å². The summed E-state index contributed by atoms with van der Waals surface area (Å²) >= 11 is 1.89. The summed E-state index contributed by atoms with van der Waals surface area (Å²) in [6.07, 6.45) is 3.20. The molecule has 4 rings (SSSR count). The van der Waals surface area contributed by atoms with Crippen molar-refractivity contribution in [3.63, 3.8) is 0 Å². The number of fused-ring (bicyclic) bond motifs is 4. The summed E-state index contributed by atoms with van der Waals surface area (Å²) in [5, 5.41) is 0. The van der Waals surface area contributed by atoms with Crippen molar-refractivity contribution in [2.75, 3.05) is 0 Å². The van der Waals surface area contributed by atoms with Crippen LogP contribution in [0.4, 0.5) is 0 Å². The molecule has 1 unspecified atom stereocenters. The molecule has 0 radical (unpaired) electrons. The lowest BCUT2D eigenvalue weighted by Gasteiger charge is -2.25. The van der Waals surface area contributed by atoms with Gasteiger partial charge in [0.15, 0.2) is 0 Å². The Balaban J connectivity index is 2.01. The SMILES string of the molecule is NC1CCC2=C(C1)c1ccccc1Sc1ccccc12. The monoisotopic (exact) mass is 279 g/mol. The molecule has 1 heterocycles. The molecular weight excluding hydrogens is 262 g/mol. The summed E-state index contributed by atoms with van der Waals surface area (Å²) in [5.41, 5.74) is 12.0. The van der Waals surface area contributed by atoms with Crippen LogP contribution in [0.2, 0.25) is 0 Å². The summed E-state index contributed by atoms with van der Waals surface area (Å²) in [6, 6.07) is 17.8. The molecule has 1 nitrogen and oxygen atoms in total. The average molecular weight is 279 g/mol. The third-order valence-corrected chi connectivity index (χ3v) is 5.39. The van der Waals surface area contributed by atoms with Crippen LogP contribution in [0.5, 0.6) is 0 Å². The number of rotatable bonds is 0. The second-order valence-corrected chi connectivity index (χ2v) is 6.64. The first-order chi connectivity index (χ1) is 9.83. The smallest absolute Gasteiger partial charge is 0.0197 e. The van der Waals surface area contributed by atoms with E-state index in [0.717, 1.165) is 19.3 Å². The normalized spacial score (nSPS) is 20.8. The minimum absolute atomic E-state index is 0.303. The number of benzene rings is 2. The van der Waals surface area contributed by atoms with Crippen LogP contribution in [0.3, 0.4) is 0 Å². The van der Waals surface area contributed by atoms with E-state index in [1.807, 2.05) is 11.8 Å². The van der Waals surface area contributed by atoms with Crippen molar-refractivity contribution < 1.29 is 0 Å². The van der Waals surface area contributed by atoms with Crippen LogP contribution >= 0.6 is 11.8 Å². The quantitative estimate of drug-likeness (QED) is 0.764. The predicted molar refractivity (Wildman–Crippen MR) is 85.6 cm³/mol. The minimum atomic E-state index is 0.303. The van der Waals surface area contributed by atoms with E-state index in [1.54, 1.807) is 0 Å². The Morgan fingerprint density at radius 1 is 0.850 bits per heavy atom. The molecule has 2 heteroatoms. The van der Waals surface area contributed by atoms with E-state index in [-0.39, 0.29) is 0 Å². The van der Waals surface area contributed by atoms with Gasteiger partial charge in [-0.2, -0.15) is 0 Å². The molecule has 20 heavy (non-hydrogen) atoms. The molecule has 2 N–H and O–H groups in total. The van der Waals surface area contributed by atoms with Gasteiger partial charge in [-0.05, 0) is 53.7 Å². The lowest BCUT2D eigenvalue weighted by atomic mass is 9.82. The van der Waals surface area contributed by atoms with Gasteiger partial charge < -0.3 is 5.73 Å². The minimum Gasteiger partial charge on any atom is -0.327 e. The van der Waals surface area contributed by atoms with Crippen molar-refractivity contribution >= 4 is 22.9 Å². The van der Waals surface area contributed by atoms with Crippen LogP contribution < -0.4 is 5.73 Å². The number of hydrogen-bond acceptors (Lipinski definition) is 2. The molecule has 2 aromatic carbocycles. The molecule has 1 aliphatic heterocycles. The molecule has 1 aliphatic carbocycles. The Kier molecular flexibility index (Phi) is 2.94. The van der Waals surface area contributed by atoms with Gasteiger partial charge in [-0.25, -0.2) is 0 Å². The molecule has 0 amide bonds. The highest BCUT2D eigenvalue weighted by molar-refractivity contribution is 7.99. The Morgan fingerprint density at radius 3 is 2.15 bits per heavy atom. The molecule has 0 spiro atoms. The highest BCUT2D eigenvalue weighted by Gasteiger charge is 2.26. The van der Waals surface area contributed by atoms with Gasteiger partial charge in [-0.15, -0.1) is 0 Å². The Morgan fingerprint density at radius 2 is 1.45 bits per heavy atom. The standard InChI is InChI=1S/C18H17NS/c19-12-9-10-13-14-5-1-3-7-17(14)20-18-8-4-2-6-15(18)16(13)11-12/h1-8,12H,9-11,19H2. The molecule has 0 fully saturated rings. The molecule has 2 aromatic rings. The zero-order valence-electron chi connectivity index (χ0n) is 11.3. The van der Waals surface area contributed by atoms with E-state index in [4.69, 9.17) is 5.73 Å². The van der Waals surface area contributed by atoms with Crippen molar-refractivity contribution in [1.82, 2.24) is 0 Å². The van der Waals surface area contributed by atoms with Crippen molar-refractivity contribution in [3.8, 4) is 0 Å². The summed E-state index contributed by atoms with van der Waals surface area (Å²) < 4.78 is 0. The molecule has 0 bridgehead atoms. The second-order valence-electron chi connectivity index (χ2n) is 5.55. The van der Waals surface area contributed by atoms with Crippen LogP contribution in [-0.4, -0.2) is 6.04 Å². The molecule has 0 saturated heterocycles. The number of hydrogen-bond donors (Lipinski definition) is 1. The predicted octanol–water partition coefficient (Wildman–Crippen LogP) is 4.57. The Hall–Kier alpha value is -1.51. The van der Waals surface area contributed by atoms with Crippen LogP contribution in [0, 0.1) is 0 Å². The second kappa shape index (κ2) is 4.80. The van der Waals surface area contributed by atoms with Crippen LogP contribution in [0.25, 0.3) is 11.1 Å². The van der Waals surface area contributed by atoms with E-state index in [2.05, 4.69) is 48.5 Å². The Bertz CT molecular complexity index is 702. The maximum absolute atomic E-state index is 6.23. The largest absolute Gasteiger partial charge is 0.327 e. The first-order valence-corrected chi connectivity index (χ1v) is 7.99. The molecular formula is C18H17NS. The van der Waals surface area contributed by atoms with Crippen molar-refractivity contribution in [2.24, 2.45) is 5.73 Å². The van der Waals surface area contributed by atoms with Crippen LogP contribution in [0.1, 0.15) is 30.4 Å². The third kappa shape index (κ3) is 1.91. The first-order valence-electron chi connectivity index (χ1n) is 7.17. The fourth-order valence-electron chi connectivity index (χ4n) is 3.27. The molecule has 0 aromatic heterocycles. The van der Waals surface area contributed by atoms with Crippen molar-refractivity contribution in [2.45, 2.75) is 35.1 Å². The highest BCUT2D eigenvalue weighted by Crippen LogP contribution is 2.48. The van der Waals surface area contributed by atoms with E-state index in [1.165, 1.54) is 32.1 Å². The van der Waals surface area contributed by atoms with Gasteiger partial charge in [0.2, 0.25) is 0 Å². The summed E-state index contributed by atoms with van der Waals surface area (Å²) in [5.74, 6) is 0. The van der Waals surface area contributed by atoms with Gasteiger partial charge in [0.25, 0.3) is 0 Å². The first kappa shape index (κ1) is 12.2. The van der Waals surface area contributed by atoms with E-state index < -0.39 is 0 Å². The topological polar surface area (TPSA) is 26.0 Å². The van der Waals surface area contributed by atoms with Crippen LogP contribution in [-0.2, 0) is 0 Å². The Labute approximate surface area is 123 Å². The lowest BCUT2D eigenvalue weighted by molar-refractivity contribution is 0.623. The summed E-state index contributed by atoms with van der Waals surface area (Å²) in [7, 11) is 0. The molecule has 0 saturated carbocycles. The fraction of sp³-hybridized carbons (Fsp3) is 0.222. The molecule has 100 valence electrons. The molecule has 1 atom stereocenters. The maximum Gasteiger partial charge on any atom is 0.0197 e. The number of nitrogens with two attached hydrogens (primary N) is 1. The fourth-order valence-corrected chi connectivity index (χ4v) is 4.40. The molecule has 2 aliphatic rings. The van der Waals surface area contributed by atoms with E-state index in [9.17, 15) is 0 Å². The van der Waals surface area contributed by atoms with Gasteiger partial charge in [-0.3, -0.25) is 0 Å². The van der Waals surface area contributed by atoms with Crippen molar-refractivity contribution in [3.05, 3.63) is 59.7 Å². The summed E-state index contributed by atoms with van der Waals surface area (Å²) in [6.45, 7) is 0. The zero-order chi connectivity index (χ0) is 13.5. The maximum atomic E-state index is 6.23. The summed E-state index contributed by atoms with van der Waals surface area (Å²) in [4.78, 5) is 2.74. The average Bonchev–Trinajstić information content (AvgIpc) is 2.61. The van der Waals surface area contributed by atoms with Gasteiger partial charge in [0.1, 0.15) is 0 Å². The third-order valence-electron chi connectivity index (χ3n) is 4.24. The van der Waals surface area contributed by atoms with E-state index in [0.29, 0.717) is 6.04 Å². The number of allylic oxidation sites excluding steroid dienone is 1. The van der Waals surface area contributed by atoms with Gasteiger partial charge >= 0.3 is 0 Å². The van der Waals surface area contributed by atoms with Crippen LogP contribution in [0.15, 0.2) is 58.3 Å². The lowest BCUT2D eigenvalue weighted by Crippen LogP contribution is -2.23. The zero-order valence-corrected chi connectivity index (χ0v) is 12.1. The van der Waals surface area contributed by atoms with Gasteiger partial charge in [-0.1, -0.05) is 48.2 Å². The van der Waals surface area contributed by atoms with E-state index >= 15 is 0 Å². The van der Waals surface area contributed by atoms with Gasteiger partial charge in [0, 0.05) is 15.8 Å². The van der Waals surface area contributed by atoms with Gasteiger partial charge in [0.05, 0.1) is 0 Å².